The molecule has 2 aliphatic rings. The van der Waals surface area contributed by atoms with Crippen LogP contribution in [0.15, 0.2) is 34.0 Å². The standard InChI is InChI=1S/C16H20N2O7/c1-4-22-11(20)6-5-9-12-13(25-16(2,3)24-12)14(23-9)18-8-7-10(19)17-15(18)21/h5-9,12-14H,4H2,1-3H3,(H,17,19,21)/b6-5+/t9-,12-,13-,14-/m1/s1. The van der Waals surface area contributed by atoms with Crippen molar-refractivity contribution >= 4 is 5.97 Å². The molecule has 4 atom stereocenters. The van der Waals surface area contributed by atoms with Gasteiger partial charge in [-0.25, -0.2) is 9.59 Å². The molecule has 0 amide bonds. The van der Waals surface area contributed by atoms with E-state index in [1.165, 1.54) is 29.0 Å². The van der Waals surface area contributed by atoms with E-state index in [4.69, 9.17) is 18.9 Å². The van der Waals surface area contributed by atoms with Gasteiger partial charge in [-0.2, -0.15) is 0 Å². The van der Waals surface area contributed by atoms with Crippen LogP contribution in [0.25, 0.3) is 0 Å². The van der Waals surface area contributed by atoms with Gasteiger partial charge in [-0.15, -0.1) is 0 Å². The highest BCUT2D eigenvalue weighted by molar-refractivity contribution is 5.81. The average molecular weight is 352 g/mol. The highest BCUT2D eigenvalue weighted by Gasteiger charge is 2.55. The molecule has 3 heterocycles. The maximum Gasteiger partial charge on any atom is 0.330 e. The summed E-state index contributed by atoms with van der Waals surface area (Å²) in [6.07, 6.45) is 1.64. The summed E-state index contributed by atoms with van der Waals surface area (Å²) < 4.78 is 23.7. The molecule has 2 saturated heterocycles. The molecule has 3 rings (SSSR count). The molecule has 0 spiro atoms. The smallest absolute Gasteiger partial charge is 0.330 e. The number of ether oxygens (including phenoxy) is 4. The van der Waals surface area contributed by atoms with E-state index >= 15 is 0 Å². The van der Waals surface area contributed by atoms with Crippen LogP contribution in [0.4, 0.5) is 0 Å². The van der Waals surface area contributed by atoms with Gasteiger partial charge in [0.1, 0.15) is 18.3 Å². The second-order valence-electron chi connectivity index (χ2n) is 6.18. The van der Waals surface area contributed by atoms with Gasteiger partial charge in [-0.3, -0.25) is 14.3 Å². The fourth-order valence-electron chi connectivity index (χ4n) is 2.98. The third-order valence-electron chi connectivity index (χ3n) is 3.90. The quantitative estimate of drug-likeness (QED) is 0.603. The minimum Gasteiger partial charge on any atom is -0.463 e. The topological polar surface area (TPSA) is 109 Å². The first kappa shape index (κ1) is 17.6. The van der Waals surface area contributed by atoms with Gasteiger partial charge in [-0.05, 0) is 26.8 Å². The van der Waals surface area contributed by atoms with Crippen LogP contribution in [0.2, 0.25) is 0 Å². The minimum absolute atomic E-state index is 0.267. The molecular weight excluding hydrogens is 332 g/mol. The van der Waals surface area contributed by atoms with Crippen LogP contribution in [0.1, 0.15) is 27.0 Å². The predicted octanol–water partition coefficient (Wildman–Crippen LogP) is 0.0734. The highest BCUT2D eigenvalue weighted by atomic mass is 16.8. The van der Waals surface area contributed by atoms with Gasteiger partial charge in [0.2, 0.25) is 0 Å². The lowest BCUT2D eigenvalue weighted by molar-refractivity contribution is -0.192. The number of carbonyl (C=O) groups excluding carboxylic acids is 1. The summed E-state index contributed by atoms with van der Waals surface area (Å²) in [6.45, 7) is 5.49. The molecule has 136 valence electrons. The van der Waals surface area contributed by atoms with Gasteiger partial charge in [0.25, 0.3) is 5.56 Å². The third kappa shape index (κ3) is 3.58. The Labute approximate surface area is 143 Å². The summed E-state index contributed by atoms with van der Waals surface area (Å²) in [5, 5.41) is 0. The first-order valence-corrected chi connectivity index (χ1v) is 7.98. The largest absolute Gasteiger partial charge is 0.463 e. The Bertz CT molecular complexity index is 794. The lowest BCUT2D eigenvalue weighted by Gasteiger charge is -2.24. The van der Waals surface area contributed by atoms with E-state index in [1.54, 1.807) is 20.8 Å². The molecule has 1 aromatic rings. The molecule has 0 radical (unpaired) electrons. The summed E-state index contributed by atoms with van der Waals surface area (Å²) in [4.78, 5) is 37.0. The molecule has 25 heavy (non-hydrogen) atoms. The Balaban J connectivity index is 1.89. The molecule has 0 unspecified atom stereocenters. The van der Waals surface area contributed by atoms with E-state index in [0.717, 1.165) is 0 Å². The molecule has 9 heteroatoms. The van der Waals surface area contributed by atoms with Crippen LogP contribution in [0, 0.1) is 0 Å². The van der Waals surface area contributed by atoms with Gasteiger partial charge >= 0.3 is 11.7 Å². The Kier molecular flexibility index (Phi) is 4.63. The SMILES string of the molecule is CCOC(=O)/C=C/[C@H]1O[C@@H](n2ccc(=O)[nH]c2=O)[C@@H]2OC(C)(C)O[C@@H]21. The number of nitrogens with zero attached hydrogens (tertiary/aromatic N) is 1. The lowest BCUT2D eigenvalue weighted by atomic mass is 10.1. The molecule has 1 N–H and O–H groups in total. The molecule has 0 aromatic carbocycles. The zero-order valence-corrected chi connectivity index (χ0v) is 14.1. The number of nitrogens with one attached hydrogen (secondary N) is 1. The van der Waals surface area contributed by atoms with E-state index in [1.807, 2.05) is 0 Å². The molecule has 0 aliphatic carbocycles. The molecular formula is C16H20N2O7. The van der Waals surface area contributed by atoms with Crippen LogP contribution < -0.4 is 11.2 Å². The van der Waals surface area contributed by atoms with Gasteiger partial charge in [0, 0.05) is 18.3 Å². The number of fused-ring (bicyclic) bond motifs is 1. The summed E-state index contributed by atoms with van der Waals surface area (Å²) in [7, 11) is 0. The number of carbonyl (C=O) groups is 1. The van der Waals surface area contributed by atoms with Crippen molar-refractivity contribution in [2.45, 2.75) is 51.1 Å². The number of aromatic amines is 1. The number of aromatic nitrogens is 2. The number of hydrogen-bond donors (Lipinski definition) is 1. The third-order valence-corrected chi connectivity index (χ3v) is 3.90. The van der Waals surface area contributed by atoms with E-state index in [-0.39, 0.29) is 6.61 Å². The Hall–Kier alpha value is -2.23. The van der Waals surface area contributed by atoms with Gasteiger partial charge in [0.05, 0.1) is 6.61 Å². The lowest BCUT2D eigenvalue weighted by Crippen LogP contribution is -2.37. The number of rotatable bonds is 4. The maximum absolute atomic E-state index is 12.1. The van der Waals surface area contributed by atoms with Crippen molar-refractivity contribution < 1.29 is 23.7 Å². The van der Waals surface area contributed by atoms with Crippen molar-refractivity contribution in [3.05, 3.63) is 45.3 Å². The van der Waals surface area contributed by atoms with Crippen LogP contribution in [0.5, 0.6) is 0 Å². The van der Waals surface area contributed by atoms with Crippen molar-refractivity contribution in [3.63, 3.8) is 0 Å². The van der Waals surface area contributed by atoms with Gasteiger partial charge in [0.15, 0.2) is 12.0 Å². The van der Waals surface area contributed by atoms with E-state index in [9.17, 15) is 14.4 Å². The first-order valence-electron chi connectivity index (χ1n) is 7.98. The predicted molar refractivity (Wildman–Crippen MR) is 84.8 cm³/mol. The van der Waals surface area contributed by atoms with E-state index in [2.05, 4.69) is 4.98 Å². The Morgan fingerprint density at radius 2 is 2.08 bits per heavy atom. The second kappa shape index (κ2) is 6.58. The first-order chi connectivity index (χ1) is 11.8. The second-order valence-corrected chi connectivity index (χ2v) is 6.18. The normalized spacial score (nSPS) is 30.5. The molecule has 0 bridgehead atoms. The van der Waals surface area contributed by atoms with Crippen LogP contribution in [-0.2, 0) is 23.7 Å². The zero-order chi connectivity index (χ0) is 18.2. The molecule has 0 saturated carbocycles. The van der Waals surface area contributed by atoms with Crippen molar-refractivity contribution in [1.82, 2.24) is 9.55 Å². The van der Waals surface area contributed by atoms with Crippen molar-refractivity contribution in [2.24, 2.45) is 0 Å². The molecule has 1 aromatic heterocycles. The minimum atomic E-state index is -0.862. The van der Waals surface area contributed by atoms with E-state index in [0.29, 0.717) is 0 Å². The van der Waals surface area contributed by atoms with Crippen LogP contribution >= 0.6 is 0 Å². The molecule has 2 fully saturated rings. The van der Waals surface area contributed by atoms with Crippen molar-refractivity contribution in [1.29, 1.82) is 0 Å². The van der Waals surface area contributed by atoms with Crippen molar-refractivity contribution in [2.75, 3.05) is 6.61 Å². The average Bonchev–Trinajstić information content (AvgIpc) is 2.99. The maximum atomic E-state index is 12.1. The van der Waals surface area contributed by atoms with E-state index < -0.39 is 47.5 Å². The fraction of sp³-hybridized carbons (Fsp3) is 0.562. The highest BCUT2D eigenvalue weighted by Crippen LogP contribution is 2.42. The fourth-order valence-corrected chi connectivity index (χ4v) is 2.98. The Morgan fingerprint density at radius 1 is 1.36 bits per heavy atom. The number of esters is 1. The van der Waals surface area contributed by atoms with Gasteiger partial charge < -0.3 is 18.9 Å². The monoisotopic (exact) mass is 352 g/mol. The molecule has 9 nitrogen and oxygen atoms in total. The summed E-state index contributed by atoms with van der Waals surface area (Å²) in [5.74, 6) is -1.36. The number of hydrogen-bond acceptors (Lipinski definition) is 7. The molecule has 2 aliphatic heterocycles. The summed E-state index contributed by atoms with van der Waals surface area (Å²) in [6, 6.07) is 1.22. The zero-order valence-electron chi connectivity index (χ0n) is 14.1. The van der Waals surface area contributed by atoms with Crippen molar-refractivity contribution in [3.8, 4) is 0 Å². The van der Waals surface area contributed by atoms with Gasteiger partial charge in [-0.1, -0.05) is 0 Å². The Morgan fingerprint density at radius 3 is 2.76 bits per heavy atom. The van der Waals surface area contributed by atoms with Crippen LogP contribution in [0.3, 0.4) is 0 Å². The summed E-state index contributed by atoms with van der Waals surface area (Å²) in [5.41, 5.74) is -1.11. The summed E-state index contributed by atoms with van der Waals surface area (Å²) >= 11 is 0. The van der Waals surface area contributed by atoms with Crippen LogP contribution in [-0.4, -0.2) is 46.2 Å². The number of H-pyrrole nitrogens is 1.